The minimum absolute atomic E-state index is 0.0811. The molecule has 1 aromatic heterocycles. The molecule has 4 rings (SSSR count). The molecule has 3 unspecified atom stereocenters. The van der Waals surface area contributed by atoms with Crippen LogP contribution in [0.5, 0.6) is 0 Å². The van der Waals surface area contributed by atoms with Gasteiger partial charge in [-0.15, -0.1) is 11.8 Å². The van der Waals surface area contributed by atoms with E-state index in [4.69, 9.17) is 11.6 Å². The Morgan fingerprint density at radius 1 is 1.18 bits per heavy atom. The molecule has 1 aliphatic rings. The number of rotatable bonds is 4. The highest BCUT2D eigenvalue weighted by Gasteiger charge is 2.41. The lowest BCUT2D eigenvalue weighted by Gasteiger charge is -2.36. The zero-order valence-corrected chi connectivity index (χ0v) is 17.0. The van der Waals surface area contributed by atoms with Crippen LogP contribution in [-0.4, -0.2) is 33.0 Å². The van der Waals surface area contributed by atoms with Gasteiger partial charge in [0.1, 0.15) is 6.33 Å². The maximum Gasteiger partial charge on any atom is 0.232 e. The van der Waals surface area contributed by atoms with Crippen molar-refractivity contribution in [2.75, 3.05) is 16.9 Å². The summed E-state index contributed by atoms with van der Waals surface area (Å²) < 4.78 is 1.79. The lowest BCUT2D eigenvalue weighted by Crippen LogP contribution is -2.46. The van der Waals surface area contributed by atoms with Crippen molar-refractivity contribution >= 4 is 40.9 Å². The number of nitrogens with one attached hydrogen (secondary N) is 2. The molecular weight excluding hydrogens is 394 g/mol. The number of amides is 1. The summed E-state index contributed by atoms with van der Waals surface area (Å²) in [5.41, 5.74) is 1.73. The van der Waals surface area contributed by atoms with Crippen LogP contribution in [0.2, 0.25) is 5.02 Å². The molecule has 1 aliphatic heterocycles. The zero-order valence-electron chi connectivity index (χ0n) is 15.5. The Hall–Kier alpha value is -2.51. The molecule has 0 saturated heterocycles. The lowest BCUT2D eigenvalue weighted by molar-refractivity contribution is -0.121. The second-order valence-electron chi connectivity index (χ2n) is 6.70. The molecular formula is C20H20ClN5OS. The van der Waals surface area contributed by atoms with Gasteiger partial charge < -0.3 is 10.6 Å². The van der Waals surface area contributed by atoms with Crippen LogP contribution in [0.4, 0.5) is 11.6 Å². The van der Waals surface area contributed by atoms with Crippen molar-refractivity contribution in [2.45, 2.75) is 23.9 Å². The first-order chi connectivity index (χ1) is 13.6. The molecule has 1 amide bonds. The van der Waals surface area contributed by atoms with Crippen molar-refractivity contribution in [3.8, 4) is 0 Å². The molecule has 6 nitrogen and oxygen atoms in total. The second kappa shape index (κ2) is 7.85. The number of fused-ring (bicyclic) bond motifs is 1. The number of halogens is 1. The van der Waals surface area contributed by atoms with E-state index in [0.717, 1.165) is 5.56 Å². The third-order valence-corrected chi connectivity index (χ3v) is 5.94. The minimum Gasteiger partial charge on any atom is -0.351 e. The molecule has 0 bridgehead atoms. The molecule has 144 valence electrons. The number of nitrogens with zero attached hydrogens (tertiary/aromatic N) is 3. The fraction of sp³-hybridized carbons (Fsp3) is 0.250. The van der Waals surface area contributed by atoms with E-state index in [-0.39, 0.29) is 23.9 Å². The standard InChI is InChI=1S/C20H20ClN5OS/c1-12-17(19(27)25-15-7-5-14(21)6-8-15)18(26-20(24-12)22-11-23-26)13-3-9-16(28-2)10-4-13/h3-12,17-18H,1-2H3,(H,25,27)(H,22,23,24). The first-order valence-corrected chi connectivity index (χ1v) is 10.5. The number of hydrogen-bond acceptors (Lipinski definition) is 5. The summed E-state index contributed by atoms with van der Waals surface area (Å²) in [6.07, 6.45) is 3.55. The summed E-state index contributed by atoms with van der Waals surface area (Å²) in [5.74, 6) is 0.217. The largest absolute Gasteiger partial charge is 0.351 e. The van der Waals surface area contributed by atoms with Gasteiger partial charge in [-0.3, -0.25) is 4.79 Å². The first kappa shape index (κ1) is 18.8. The van der Waals surface area contributed by atoms with Crippen LogP contribution in [-0.2, 0) is 4.79 Å². The zero-order chi connectivity index (χ0) is 19.7. The van der Waals surface area contributed by atoms with E-state index in [0.29, 0.717) is 16.7 Å². The van der Waals surface area contributed by atoms with Gasteiger partial charge in [-0.2, -0.15) is 10.1 Å². The molecule has 0 saturated carbocycles. The highest BCUT2D eigenvalue weighted by atomic mass is 35.5. The van der Waals surface area contributed by atoms with Crippen molar-refractivity contribution in [3.05, 3.63) is 65.4 Å². The smallest absolute Gasteiger partial charge is 0.232 e. The topological polar surface area (TPSA) is 71.8 Å². The van der Waals surface area contributed by atoms with Crippen molar-refractivity contribution in [1.29, 1.82) is 0 Å². The van der Waals surface area contributed by atoms with Gasteiger partial charge in [0.25, 0.3) is 0 Å². The average Bonchev–Trinajstić information content (AvgIpc) is 3.16. The molecule has 0 radical (unpaired) electrons. The van der Waals surface area contributed by atoms with E-state index in [9.17, 15) is 4.79 Å². The van der Waals surface area contributed by atoms with Gasteiger partial charge in [0.2, 0.25) is 11.9 Å². The third-order valence-electron chi connectivity index (χ3n) is 4.94. The molecule has 2 N–H and O–H groups in total. The SMILES string of the molecule is CSc1ccc(C2C(C(=O)Nc3ccc(Cl)cc3)C(C)Nc3ncnn32)cc1. The van der Waals surface area contributed by atoms with E-state index >= 15 is 0 Å². The summed E-state index contributed by atoms with van der Waals surface area (Å²) in [5, 5.41) is 11.3. The molecule has 0 aliphatic carbocycles. The first-order valence-electron chi connectivity index (χ1n) is 8.93. The predicted octanol–water partition coefficient (Wildman–Crippen LogP) is 4.31. The van der Waals surface area contributed by atoms with Crippen LogP contribution in [0.3, 0.4) is 0 Å². The highest BCUT2D eigenvalue weighted by molar-refractivity contribution is 7.98. The summed E-state index contributed by atoms with van der Waals surface area (Å²) in [6.45, 7) is 1.99. The fourth-order valence-electron chi connectivity index (χ4n) is 3.55. The van der Waals surface area contributed by atoms with Gasteiger partial charge in [0.15, 0.2) is 0 Å². The molecule has 3 aromatic rings. The van der Waals surface area contributed by atoms with Gasteiger partial charge in [0, 0.05) is 21.6 Å². The van der Waals surface area contributed by atoms with Crippen molar-refractivity contribution in [1.82, 2.24) is 14.8 Å². The van der Waals surface area contributed by atoms with E-state index in [1.807, 2.05) is 13.2 Å². The Morgan fingerprint density at radius 2 is 1.89 bits per heavy atom. The van der Waals surface area contributed by atoms with Crippen molar-refractivity contribution in [2.24, 2.45) is 5.92 Å². The molecule has 0 spiro atoms. The number of carbonyl (C=O) groups is 1. The van der Waals surface area contributed by atoms with E-state index < -0.39 is 0 Å². The third kappa shape index (κ3) is 3.59. The van der Waals surface area contributed by atoms with Crippen molar-refractivity contribution in [3.63, 3.8) is 0 Å². The molecule has 2 heterocycles. The number of carbonyl (C=O) groups excluding carboxylic acids is 1. The fourth-order valence-corrected chi connectivity index (χ4v) is 4.09. The maximum atomic E-state index is 13.3. The van der Waals surface area contributed by atoms with Gasteiger partial charge in [-0.05, 0) is 55.1 Å². The second-order valence-corrected chi connectivity index (χ2v) is 8.02. The van der Waals surface area contributed by atoms with Gasteiger partial charge in [-0.25, -0.2) is 4.68 Å². The van der Waals surface area contributed by atoms with Crippen LogP contribution < -0.4 is 10.6 Å². The predicted molar refractivity (Wildman–Crippen MR) is 113 cm³/mol. The number of benzene rings is 2. The summed E-state index contributed by atoms with van der Waals surface area (Å²) in [7, 11) is 0. The van der Waals surface area contributed by atoms with E-state index in [1.165, 1.54) is 11.2 Å². The molecule has 28 heavy (non-hydrogen) atoms. The van der Waals surface area contributed by atoms with E-state index in [2.05, 4.69) is 45.0 Å². The Kier molecular flexibility index (Phi) is 5.28. The summed E-state index contributed by atoms with van der Waals surface area (Å²) in [6, 6.07) is 15.0. The maximum absolute atomic E-state index is 13.3. The van der Waals surface area contributed by atoms with Crippen molar-refractivity contribution < 1.29 is 4.79 Å². The lowest BCUT2D eigenvalue weighted by atomic mass is 9.85. The summed E-state index contributed by atoms with van der Waals surface area (Å²) in [4.78, 5) is 18.7. The Balaban J connectivity index is 1.70. The monoisotopic (exact) mass is 413 g/mol. The minimum atomic E-state index is -0.370. The highest BCUT2D eigenvalue weighted by Crippen LogP contribution is 2.37. The normalized spacial score (nSPS) is 20.9. The Labute approximate surface area is 172 Å². The number of anilines is 2. The number of thioether (sulfide) groups is 1. The van der Waals surface area contributed by atoms with Gasteiger partial charge in [0.05, 0.1) is 12.0 Å². The van der Waals surface area contributed by atoms with E-state index in [1.54, 1.807) is 40.7 Å². The quantitative estimate of drug-likeness (QED) is 0.623. The summed E-state index contributed by atoms with van der Waals surface area (Å²) >= 11 is 7.63. The average molecular weight is 414 g/mol. The van der Waals surface area contributed by atoms with Gasteiger partial charge >= 0.3 is 0 Å². The van der Waals surface area contributed by atoms with Gasteiger partial charge in [-0.1, -0.05) is 23.7 Å². The van der Waals surface area contributed by atoms with Crippen LogP contribution in [0.25, 0.3) is 0 Å². The van der Waals surface area contributed by atoms with Crippen LogP contribution in [0.1, 0.15) is 18.5 Å². The molecule has 3 atom stereocenters. The van der Waals surface area contributed by atoms with Crippen LogP contribution in [0, 0.1) is 5.92 Å². The molecule has 0 fully saturated rings. The Bertz CT molecular complexity index is 973. The number of hydrogen-bond donors (Lipinski definition) is 2. The van der Waals surface area contributed by atoms with Crippen LogP contribution >= 0.6 is 23.4 Å². The molecule has 8 heteroatoms. The Morgan fingerprint density at radius 3 is 2.57 bits per heavy atom. The number of aromatic nitrogens is 3. The van der Waals surface area contributed by atoms with Crippen LogP contribution in [0.15, 0.2) is 59.8 Å². The molecule has 2 aromatic carbocycles.